The van der Waals surface area contributed by atoms with E-state index in [1.165, 1.54) is 0 Å². The number of hydrogen-bond donors (Lipinski definition) is 2. The van der Waals surface area contributed by atoms with Crippen molar-refractivity contribution < 1.29 is 14.3 Å². The number of hydrogen-bond acceptors (Lipinski definition) is 4. The third kappa shape index (κ3) is 4.83. The van der Waals surface area contributed by atoms with Gasteiger partial charge < -0.3 is 20.5 Å². The van der Waals surface area contributed by atoms with Crippen LogP contribution in [0.3, 0.4) is 0 Å². The SMILES string of the molecule is COCC(CNCc1cccc(C(N)=O)c1)OC. The van der Waals surface area contributed by atoms with E-state index >= 15 is 0 Å². The molecule has 1 rings (SSSR count). The van der Waals surface area contributed by atoms with Crippen molar-refractivity contribution in [2.75, 3.05) is 27.4 Å². The van der Waals surface area contributed by atoms with Gasteiger partial charge in [-0.3, -0.25) is 4.79 Å². The molecule has 0 aliphatic heterocycles. The van der Waals surface area contributed by atoms with Crippen molar-refractivity contribution in [2.24, 2.45) is 5.73 Å². The van der Waals surface area contributed by atoms with Crippen molar-refractivity contribution in [1.82, 2.24) is 5.32 Å². The predicted molar refractivity (Wildman–Crippen MR) is 69.3 cm³/mol. The smallest absolute Gasteiger partial charge is 0.248 e. The Balaban J connectivity index is 2.43. The number of carbonyl (C=O) groups is 1. The average molecular weight is 252 g/mol. The van der Waals surface area contributed by atoms with Crippen molar-refractivity contribution in [2.45, 2.75) is 12.6 Å². The van der Waals surface area contributed by atoms with Crippen LogP contribution in [0.15, 0.2) is 24.3 Å². The third-order valence-electron chi connectivity index (χ3n) is 2.60. The second-order valence-corrected chi connectivity index (χ2v) is 4.01. The van der Waals surface area contributed by atoms with Crippen LogP contribution < -0.4 is 11.1 Å². The molecule has 0 aromatic heterocycles. The third-order valence-corrected chi connectivity index (χ3v) is 2.60. The molecule has 18 heavy (non-hydrogen) atoms. The van der Waals surface area contributed by atoms with Crippen LogP contribution in [0.1, 0.15) is 15.9 Å². The van der Waals surface area contributed by atoms with E-state index in [0.717, 1.165) is 5.56 Å². The Kier molecular flexibility index (Phi) is 6.35. The number of benzene rings is 1. The standard InChI is InChI=1S/C13H20N2O3/c1-17-9-12(18-2)8-15-7-10-4-3-5-11(6-10)13(14)16/h3-6,12,15H,7-9H2,1-2H3,(H2,14,16). The fourth-order valence-corrected chi connectivity index (χ4v) is 1.61. The predicted octanol–water partition coefficient (Wildman–Crippen LogP) is 0.536. The molecule has 0 saturated carbocycles. The zero-order chi connectivity index (χ0) is 13.4. The highest BCUT2D eigenvalue weighted by Gasteiger charge is 2.06. The first-order valence-corrected chi connectivity index (χ1v) is 5.78. The Hall–Kier alpha value is -1.43. The van der Waals surface area contributed by atoms with E-state index in [4.69, 9.17) is 15.2 Å². The number of nitrogens with one attached hydrogen (secondary N) is 1. The Morgan fingerprint density at radius 1 is 1.44 bits per heavy atom. The first-order chi connectivity index (χ1) is 8.67. The number of ether oxygens (including phenoxy) is 2. The first-order valence-electron chi connectivity index (χ1n) is 5.78. The van der Waals surface area contributed by atoms with Crippen LogP contribution in [0.2, 0.25) is 0 Å². The van der Waals surface area contributed by atoms with Gasteiger partial charge in [0.15, 0.2) is 0 Å². The van der Waals surface area contributed by atoms with E-state index in [1.54, 1.807) is 26.4 Å². The molecule has 0 heterocycles. The van der Waals surface area contributed by atoms with Crippen LogP contribution in [0.5, 0.6) is 0 Å². The Morgan fingerprint density at radius 2 is 2.22 bits per heavy atom. The van der Waals surface area contributed by atoms with Crippen LogP contribution in [0, 0.1) is 0 Å². The molecule has 0 aliphatic carbocycles. The molecule has 0 radical (unpaired) electrons. The van der Waals surface area contributed by atoms with Crippen LogP contribution in [0.4, 0.5) is 0 Å². The van der Waals surface area contributed by atoms with Crippen molar-refractivity contribution in [1.29, 1.82) is 0 Å². The van der Waals surface area contributed by atoms with Crippen molar-refractivity contribution in [3.63, 3.8) is 0 Å². The summed E-state index contributed by atoms with van der Waals surface area (Å²) in [5.74, 6) is -0.411. The summed E-state index contributed by atoms with van der Waals surface area (Å²) >= 11 is 0. The summed E-state index contributed by atoms with van der Waals surface area (Å²) in [6.45, 7) is 1.89. The van der Waals surface area contributed by atoms with Gasteiger partial charge in [-0.2, -0.15) is 0 Å². The summed E-state index contributed by atoms with van der Waals surface area (Å²) in [7, 11) is 3.29. The second-order valence-electron chi connectivity index (χ2n) is 4.01. The van der Waals surface area contributed by atoms with Crippen LogP contribution in [-0.2, 0) is 16.0 Å². The summed E-state index contributed by atoms with van der Waals surface area (Å²) in [4.78, 5) is 11.0. The topological polar surface area (TPSA) is 73.6 Å². The van der Waals surface area contributed by atoms with Gasteiger partial charge in [0.2, 0.25) is 5.91 Å². The lowest BCUT2D eigenvalue weighted by Crippen LogP contribution is -2.31. The van der Waals surface area contributed by atoms with Crippen molar-refractivity contribution in [3.05, 3.63) is 35.4 Å². The average Bonchev–Trinajstić information content (AvgIpc) is 2.38. The molecule has 1 unspecified atom stereocenters. The number of primary amides is 1. The number of methoxy groups -OCH3 is 2. The number of rotatable bonds is 8. The molecule has 5 heteroatoms. The quantitative estimate of drug-likeness (QED) is 0.708. The lowest BCUT2D eigenvalue weighted by atomic mass is 10.1. The lowest BCUT2D eigenvalue weighted by Gasteiger charge is -2.15. The zero-order valence-corrected chi connectivity index (χ0v) is 10.8. The van der Waals surface area contributed by atoms with E-state index in [1.807, 2.05) is 12.1 Å². The summed E-state index contributed by atoms with van der Waals surface area (Å²) in [6.07, 6.45) is 0.0225. The van der Waals surface area contributed by atoms with E-state index < -0.39 is 5.91 Å². The molecule has 3 N–H and O–H groups in total. The van der Waals surface area contributed by atoms with Gasteiger partial charge in [0.1, 0.15) is 0 Å². The molecule has 0 bridgehead atoms. The maximum absolute atomic E-state index is 11.0. The number of nitrogens with two attached hydrogens (primary N) is 1. The van der Waals surface area contributed by atoms with Gasteiger partial charge in [-0.05, 0) is 17.7 Å². The molecule has 0 spiro atoms. The zero-order valence-electron chi connectivity index (χ0n) is 10.8. The second kappa shape index (κ2) is 7.81. The molecular formula is C13H20N2O3. The van der Waals surface area contributed by atoms with Gasteiger partial charge in [-0.15, -0.1) is 0 Å². The molecule has 1 atom stereocenters. The summed E-state index contributed by atoms with van der Waals surface area (Å²) in [5.41, 5.74) is 6.76. The van der Waals surface area contributed by atoms with Gasteiger partial charge in [0.05, 0.1) is 12.7 Å². The van der Waals surface area contributed by atoms with Crippen molar-refractivity contribution in [3.8, 4) is 0 Å². The van der Waals surface area contributed by atoms with E-state index in [2.05, 4.69) is 5.32 Å². The normalized spacial score (nSPS) is 12.3. The van der Waals surface area contributed by atoms with Gasteiger partial charge >= 0.3 is 0 Å². The molecular weight excluding hydrogens is 232 g/mol. The van der Waals surface area contributed by atoms with Gasteiger partial charge in [0, 0.05) is 32.9 Å². The minimum Gasteiger partial charge on any atom is -0.382 e. The molecule has 0 fully saturated rings. The van der Waals surface area contributed by atoms with Gasteiger partial charge in [0.25, 0.3) is 0 Å². The fraction of sp³-hybridized carbons (Fsp3) is 0.462. The Morgan fingerprint density at radius 3 is 2.83 bits per heavy atom. The van der Waals surface area contributed by atoms with Crippen LogP contribution in [0.25, 0.3) is 0 Å². The first kappa shape index (κ1) is 14.6. The maximum atomic E-state index is 11.0. The molecule has 100 valence electrons. The highest BCUT2D eigenvalue weighted by atomic mass is 16.5. The summed E-state index contributed by atoms with van der Waals surface area (Å²) in [5, 5.41) is 3.25. The summed E-state index contributed by atoms with van der Waals surface area (Å²) < 4.78 is 10.3. The van der Waals surface area contributed by atoms with E-state index in [-0.39, 0.29) is 6.10 Å². The van der Waals surface area contributed by atoms with Gasteiger partial charge in [-0.1, -0.05) is 12.1 Å². The fourth-order valence-electron chi connectivity index (χ4n) is 1.61. The number of amides is 1. The summed E-state index contributed by atoms with van der Waals surface area (Å²) in [6, 6.07) is 7.25. The largest absolute Gasteiger partial charge is 0.382 e. The highest BCUT2D eigenvalue weighted by Crippen LogP contribution is 2.04. The molecule has 1 aromatic carbocycles. The van der Waals surface area contributed by atoms with Gasteiger partial charge in [-0.25, -0.2) is 0 Å². The van der Waals surface area contributed by atoms with E-state index in [9.17, 15) is 4.79 Å². The Labute approximate surface area is 107 Å². The van der Waals surface area contributed by atoms with Crippen LogP contribution in [-0.4, -0.2) is 39.4 Å². The van der Waals surface area contributed by atoms with Crippen LogP contribution >= 0.6 is 0 Å². The highest BCUT2D eigenvalue weighted by molar-refractivity contribution is 5.92. The maximum Gasteiger partial charge on any atom is 0.248 e. The Bertz CT molecular complexity index is 382. The molecule has 1 aromatic rings. The molecule has 1 amide bonds. The molecule has 5 nitrogen and oxygen atoms in total. The lowest BCUT2D eigenvalue weighted by molar-refractivity contribution is 0.0288. The minimum absolute atomic E-state index is 0.0225. The van der Waals surface area contributed by atoms with E-state index in [0.29, 0.717) is 25.3 Å². The molecule has 0 saturated heterocycles. The minimum atomic E-state index is -0.411. The number of carbonyl (C=O) groups excluding carboxylic acids is 1. The monoisotopic (exact) mass is 252 g/mol. The molecule has 0 aliphatic rings. The van der Waals surface area contributed by atoms with Crippen molar-refractivity contribution >= 4 is 5.91 Å².